The van der Waals surface area contributed by atoms with Crippen LogP contribution in [-0.2, 0) is 4.79 Å². The Kier molecular flexibility index (Phi) is 7.65. The molecule has 0 radical (unpaired) electrons. The first-order valence-electron chi connectivity index (χ1n) is 5.46. The van der Waals surface area contributed by atoms with E-state index in [4.69, 9.17) is 5.26 Å². The van der Waals surface area contributed by atoms with Gasteiger partial charge in [0.25, 0.3) is 0 Å². The maximum atomic E-state index is 11.4. The van der Waals surface area contributed by atoms with Crippen molar-refractivity contribution in [3.05, 3.63) is 0 Å². The Labute approximate surface area is 92.3 Å². The molecular formula is C11H21N3O. The lowest BCUT2D eigenvalue weighted by atomic mass is 10.2. The normalized spacial score (nSPS) is 10.4. The molecule has 0 aliphatic carbocycles. The van der Waals surface area contributed by atoms with E-state index in [0.717, 1.165) is 6.54 Å². The van der Waals surface area contributed by atoms with Crippen LogP contribution in [0.2, 0.25) is 0 Å². The van der Waals surface area contributed by atoms with E-state index in [9.17, 15) is 4.79 Å². The fourth-order valence-corrected chi connectivity index (χ4v) is 1.42. The highest BCUT2D eigenvalue weighted by atomic mass is 16.2. The van der Waals surface area contributed by atoms with Crippen molar-refractivity contribution in [2.45, 2.75) is 27.2 Å². The number of carbonyl (C=O) groups excluding carboxylic acids is 1. The van der Waals surface area contributed by atoms with Crippen LogP contribution < -0.4 is 5.32 Å². The van der Waals surface area contributed by atoms with Gasteiger partial charge in [-0.05, 0) is 12.8 Å². The fourth-order valence-electron chi connectivity index (χ4n) is 1.42. The summed E-state index contributed by atoms with van der Waals surface area (Å²) in [5.74, 6) is 0.550. The molecule has 0 bridgehead atoms. The zero-order chi connectivity index (χ0) is 11.7. The van der Waals surface area contributed by atoms with E-state index in [-0.39, 0.29) is 5.91 Å². The van der Waals surface area contributed by atoms with E-state index < -0.39 is 0 Å². The Morgan fingerprint density at radius 3 is 2.67 bits per heavy atom. The molecule has 0 heterocycles. The summed E-state index contributed by atoms with van der Waals surface area (Å²) in [6, 6.07) is 2.10. The number of nitriles is 1. The molecule has 0 saturated heterocycles. The molecule has 0 aromatic rings. The van der Waals surface area contributed by atoms with E-state index >= 15 is 0 Å². The predicted octanol–water partition coefficient (Wildman–Crippen LogP) is 0.994. The molecule has 1 amide bonds. The zero-order valence-electron chi connectivity index (χ0n) is 9.92. The molecular weight excluding hydrogens is 190 g/mol. The quantitative estimate of drug-likeness (QED) is 0.683. The van der Waals surface area contributed by atoms with Crippen LogP contribution in [-0.4, -0.2) is 37.0 Å². The topological polar surface area (TPSA) is 56.1 Å². The van der Waals surface area contributed by atoms with Gasteiger partial charge in [-0.15, -0.1) is 0 Å². The third kappa shape index (κ3) is 7.95. The summed E-state index contributed by atoms with van der Waals surface area (Å²) in [5, 5.41) is 11.3. The molecule has 86 valence electrons. The molecule has 0 saturated carbocycles. The van der Waals surface area contributed by atoms with E-state index in [1.807, 2.05) is 11.8 Å². The van der Waals surface area contributed by atoms with Crippen molar-refractivity contribution in [2.75, 3.05) is 26.2 Å². The number of nitrogens with zero attached hydrogens (tertiary/aromatic N) is 2. The van der Waals surface area contributed by atoms with Gasteiger partial charge in [0.15, 0.2) is 0 Å². The van der Waals surface area contributed by atoms with Gasteiger partial charge in [-0.25, -0.2) is 0 Å². The van der Waals surface area contributed by atoms with Crippen molar-refractivity contribution in [3.8, 4) is 6.07 Å². The second-order valence-corrected chi connectivity index (χ2v) is 3.99. The van der Waals surface area contributed by atoms with Crippen LogP contribution in [0.3, 0.4) is 0 Å². The summed E-state index contributed by atoms with van der Waals surface area (Å²) in [6.45, 7) is 8.71. The largest absolute Gasteiger partial charge is 0.355 e. The number of carbonyl (C=O) groups is 1. The number of hydrogen-bond donors (Lipinski definition) is 1. The lowest BCUT2D eigenvalue weighted by molar-refractivity contribution is -0.122. The van der Waals surface area contributed by atoms with Gasteiger partial charge in [0, 0.05) is 26.1 Å². The maximum Gasteiger partial charge on any atom is 0.234 e. The molecule has 15 heavy (non-hydrogen) atoms. The SMILES string of the molecule is CCNC(=O)CN(CCC#N)CC(C)C. The smallest absolute Gasteiger partial charge is 0.234 e. The standard InChI is InChI=1S/C11H21N3O/c1-4-13-11(15)9-14(7-5-6-12)8-10(2)3/h10H,4-5,7-9H2,1-3H3,(H,13,15). The van der Waals surface area contributed by atoms with Crippen molar-refractivity contribution in [1.82, 2.24) is 10.2 Å². The van der Waals surface area contributed by atoms with Crippen molar-refractivity contribution in [1.29, 1.82) is 5.26 Å². The predicted molar refractivity (Wildman–Crippen MR) is 60.2 cm³/mol. The van der Waals surface area contributed by atoms with E-state index in [1.54, 1.807) is 0 Å². The van der Waals surface area contributed by atoms with Crippen LogP contribution in [0, 0.1) is 17.2 Å². The lowest BCUT2D eigenvalue weighted by Gasteiger charge is -2.22. The first-order chi connectivity index (χ1) is 7.10. The Bertz CT molecular complexity index is 220. The third-order valence-electron chi connectivity index (χ3n) is 1.90. The molecule has 4 nitrogen and oxygen atoms in total. The average molecular weight is 211 g/mol. The molecule has 0 spiro atoms. The highest BCUT2D eigenvalue weighted by molar-refractivity contribution is 5.77. The molecule has 0 aliphatic rings. The van der Waals surface area contributed by atoms with E-state index in [0.29, 0.717) is 32.0 Å². The molecule has 0 unspecified atom stereocenters. The molecule has 0 aliphatic heterocycles. The number of rotatable bonds is 7. The highest BCUT2D eigenvalue weighted by Gasteiger charge is 2.10. The van der Waals surface area contributed by atoms with Gasteiger partial charge in [0.05, 0.1) is 12.6 Å². The lowest BCUT2D eigenvalue weighted by Crippen LogP contribution is -2.39. The van der Waals surface area contributed by atoms with Gasteiger partial charge in [-0.1, -0.05) is 13.8 Å². The monoisotopic (exact) mass is 211 g/mol. The van der Waals surface area contributed by atoms with Crippen LogP contribution in [0.25, 0.3) is 0 Å². The van der Waals surface area contributed by atoms with E-state index in [1.165, 1.54) is 0 Å². The Morgan fingerprint density at radius 2 is 2.20 bits per heavy atom. The van der Waals surface area contributed by atoms with Gasteiger partial charge in [-0.2, -0.15) is 5.26 Å². The highest BCUT2D eigenvalue weighted by Crippen LogP contribution is 1.99. The third-order valence-corrected chi connectivity index (χ3v) is 1.90. The van der Waals surface area contributed by atoms with Gasteiger partial charge in [0.2, 0.25) is 5.91 Å². The Balaban J connectivity index is 4.00. The second kappa shape index (κ2) is 8.25. The fraction of sp³-hybridized carbons (Fsp3) is 0.818. The van der Waals surface area contributed by atoms with Crippen molar-refractivity contribution in [2.24, 2.45) is 5.92 Å². The van der Waals surface area contributed by atoms with Gasteiger partial charge in [-0.3, -0.25) is 9.69 Å². The van der Waals surface area contributed by atoms with Gasteiger partial charge in [0.1, 0.15) is 0 Å². The van der Waals surface area contributed by atoms with Crippen LogP contribution in [0.5, 0.6) is 0 Å². The summed E-state index contributed by atoms with van der Waals surface area (Å²) >= 11 is 0. The van der Waals surface area contributed by atoms with Gasteiger partial charge >= 0.3 is 0 Å². The average Bonchev–Trinajstić information content (AvgIpc) is 2.13. The second-order valence-electron chi connectivity index (χ2n) is 3.99. The number of amides is 1. The minimum atomic E-state index is 0.0380. The zero-order valence-corrected chi connectivity index (χ0v) is 9.92. The Hall–Kier alpha value is -1.08. The molecule has 1 N–H and O–H groups in total. The minimum absolute atomic E-state index is 0.0380. The molecule has 0 fully saturated rings. The Morgan fingerprint density at radius 1 is 1.53 bits per heavy atom. The van der Waals surface area contributed by atoms with Crippen LogP contribution in [0.1, 0.15) is 27.2 Å². The summed E-state index contributed by atoms with van der Waals surface area (Å²) in [6.07, 6.45) is 0.478. The summed E-state index contributed by atoms with van der Waals surface area (Å²) in [5.41, 5.74) is 0. The van der Waals surface area contributed by atoms with Crippen molar-refractivity contribution in [3.63, 3.8) is 0 Å². The number of nitrogens with one attached hydrogen (secondary N) is 1. The molecule has 0 aromatic carbocycles. The van der Waals surface area contributed by atoms with Crippen LogP contribution >= 0.6 is 0 Å². The summed E-state index contributed by atoms with van der Waals surface area (Å²) < 4.78 is 0. The summed E-state index contributed by atoms with van der Waals surface area (Å²) in [4.78, 5) is 13.4. The minimum Gasteiger partial charge on any atom is -0.355 e. The first-order valence-corrected chi connectivity index (χ1v) is 5.46. The molecule has 4 heteroatoms. The molecule has 0 aromatic heterocycles. The first kappa shape index (κ1) is 13.9. The molecule has 0 atom stereocenters. The van der Waals surface area contributed by atoms with Gasteiger partial charge < -0.3 is 5.32 Å². The number of likely N-dealkylation sites (N-methyl/N-ethyl adjacent to an activating group) is 1. The van der Waals surface area contributed by atoms with E-state index in [2.05, 4.69) is 25.2 Å². The van der Waals surface area contributed by atoms with Crippen LogP contribution in [0.15, 0.2) is 0 Å². The molecule has 0 rings (SSSR count). The van der Waals surface area contributed by atoms with Crippen molar-refractivity contribution < 1.29 is 4.79 Å². The summed E-state index contributed by atoms with van der Waals surface area (Å²) in [7, 11) is 0. The maximum absolute atomic E-state index is 11.4. The number of hydrogen-bond acceptors (Lipinski definition) is 3. The van der Waals surface area contributed by atoms with Crippen molar-refractivity contribution >= 4 is 5.91 Å². The van der Waals surface area contributed by atoms with Crippen LogP contribution in [0.4, 0.5) is 0 Å².